The number of benzene rings is 1. The average Bonchev–Trinajstić information content (AvgIpc) is 2.80. The van der Waals surface area contributed by atoms with E-state index in [4.69, 9.17) is 4.74 Å². The molecule has 11 heteroatoms. The third-order valence-electron chi connectivity index (χ3n) is 5.34. The first kappa shape index (κ1) is 21.2. The van der Waals surface area contributed by atoms with Gasteiger partial charge in [-0.3, -0.25) is 4.90 Å². The number of hydrogen-bond donors (Lipinski definition) is 0. The Bertz CT molecular complexity index is 1060. The number of hydrogen-bond acceptors (Lipinski definition) is 6. The molecule has 4 rings (SSSR count). The Morgan fingerprint density at radius 1 is 0.700 bits per heavy atom. The van der Waals surface area contributed by atoms with Crippen LogP contribution < -0.4 is 9.88 Å². The summed E-state index contributed by atoms with van der Waals surface area (Å²) in [7, 11) is -7.34. The minimum Gasteiger partial charge on any atom is -0.379 e. The molecule has 0 saturated carbocycles. The van der Waals surface area contributed by atoms with Gasteiger partial charge in [0.2, 0.25) is 20.0 Å². The first-order chi connectivity index (χ1) is 14.4. The van der Waals surface area contributed by atoms with E-state index in [9.17, 15) is 16.8 Å². The standard InChI is InChI=1S/C19H24N4O5S2/c24-29(25,22-11-9-21(10-12-22)19-3-1-2-8-20-19)17-4-6-18(7-5-17)30(26,27)23-13-15-28-16-14-23/h1-8H,9-16H2/p+1. The minimum atomic E-state index is -3.69. The second-order valence-corrected chi connectivity index (χ2v) is 11.0. The van der Waals surface area contributed by atoms with Gasteiger partial charge >= 0.3 is 0 Å². The maximum Gasteiger partial charge on any atom is 0.274 e. The van der Waals surface area contributed by atoms with Crippen LogP contribution in [0.1, 0.15) is 0 Å². The van der Waals surface area contributed by atoms with E-state index in [2.05, 4.69) is 9.88 Å². The highest BCUT2D eigenvalue weighted by Gasteiger charge is 2.32. The van der Waals surface area contributed by atoms with E-state index < -0.39 is 20.0 Å². The highest BCUT2D eigenvalue weighted by molar-refractivity contribution is 7.89. The lowest BCUT2D eigenvalue weighted by molar-refractivity contribution is -0.364. The third-order valence-corrected chi connectivity index (χ3v) is 9.17. The van der Waals surface area contributed by atoms with Crippen molar-refractivity contribution < 1.29 is 26.6 Å². The van der Waals surface area contributed by atoms with Gasteiger partial charge in [-0.2, -0.15) is 8.61 Å². The van der Waals surface area contributed by atoms with Crippen LogP contribution >= 0.6 is 0 Å². The number of piperazine rings is 1. The summed E-state index contributed by atoms with van der Waals surface area (Å²) in [4.78, 5) is 5.45. The van der Waals surface area contributed by atoms with Gasteiger partial charge in [0.05, 0.1) is 55.4 Å². The summed E-state index contributed by atoms with van der Waals surface area (Å²) in [6.45, 7) is 3.18. The zero-order valence-corrected chi connectivity index (χ0v) is 18.1. The molecule has 1 aromatic heterocycles. The van der Waals surface area contributed by atoms with Crippen molar-refractivity contribution in [2.45, 2.75) is 9.79 Å². The van der Waals surface area contributed by atoms with Crippen molar-refractivity contribution in [2.24, 2.45) is 0 Å². The lowest BCUT2D eigenvalue weighted by Crippen LogP contribution is -2.49. The SMILES string of the molecule is O=S(=O)(c1ccc(S(=O)(=O)N2CCN(c3cccc[nH+]3)CC2)cc1)N1CCOCC1. The first-order valence-electron chi connectivity index (χ1n) is 9.79. The summed E-state index contributed by atoms with van der Waals surface area (Å²) >= 11 is 0. The fourth-order valence-electron chi connectivity index (χ4n) is 3.62. The topological polar surface area (TPSA) is 101 Å². The molecular weight excluding hydrogens is 428 g/mol. The lowest BCUT2D eigenvalue weighted by atomic mass is 10.3. The first-order valence-corrected chi connectivity index (χ1v) is 12.7. The van der Waals surface area contributed by atoms with Gasteiger partial charge in [-0.15, -0.1) is 0 Å². The monoisotopic (exact) mass is 453 g/mol. The highest BCUT2D eigenvalue weighted by atomic mass is 32.2. The Morgan fingerprint density at radius 2 is 1.23 bits per heavy atom. The Balaban J connectivity index is 1.46. The molecule has 0 atom stereocenters. The summed E-state index contributed by atoms with van der Waals surface area (Å²) < 4.78 is 59.5. The van der Waals surface area contributed by atoms with Crippen LogP contribution in [0.25, 0.3) is 0 Å². The van der Waals surface area contributed by atoms with Crippen LogP contribution in [0, 0.1) is 0 Å². The van der Waals surface area contributed by atoms with E-state index in [-0.39, 0.29) is 9.79 Å². The van der Waals surface area contributed by atoms with Crippen molar-refractivity contribution in [1.82, 2.24) is 8.61 Å². The Morgan fingerprint density at radius 3 is 1.73 bits per heavy atom. The zero-order chi connectivity index (χ0) is 21.2. The van der Waals surface area contributed by atoms with Gasteiger partial charge in [0.15, 0.2) is 0 Å². The van der Waals surface area contributed by atoms with Gasteiger partial charge in [-0.25, -0.2) is 21.8 Å². The molecule has 9 nitrogen and oxygen atoms in total. The predicted molar refractivity (Wildman–Crippen MR) is 110 cm³/mol. The number of sulfonamides is 2. The fraction of sp³-hybridized carbons (Fsp3) is 0.421. The summed E-state index contributed by atoms with van der Waals surface area (Å²) in [5, 5.41) is 0. The van der Waals surface area contributed by atoms with Crippen LogP contribution in [-0.4, -0.2) is 77.9 Å². The lowest BCUT2D eigenvalue weighted by Gasteiger charge is -2.30. The van der Waals surface area contributed by atoms with Crippen molar-refractivity contribution in [3.8, 4) is 0 Å². The summed E-state index contributed by atoms with van der Waals surface area (Å²) in [6.07, 6.45) is 1.84. The molecule has 0 aliphatic carbocycles. The van der Waals surface area contributed by atoms with Crippen LogP contribution in [0.15, 0.2) is 58.5 Å². The van der Waals surface area contributed by atoms with Gasteiger partial charge in [0.1, 0.15) is 0 Å². The van der Waals surface area contributed by atoms with Gasteiger partial charge in [-0.05, 0) is 30.3 Å². The number of anilines is 1. The third kappa shape index (κ3) is 4.21. The maximum absolute atomic E-state index is 13.0. The van der Waals surface area contributed by atoms with Gasteiger partial charge in [0, 0.05) is 19.2 Å². The largest absolute Gasteiger partial charge is 0.379 e. The molecule has 2 aromatic rings. The van der Waals surface area contributed by atoms with Crippen LogP contribution in [0.3, 0.4) is 0 Å². The minimum absolute atomic E-state index is 0.0905. The molecule has 1 aromatic carbocycles. The number of aromatic amines is 1. The molecule has 0 spiro atoms. The maximum atomic E-state index is 13.0. The molecule has 0 bridgehead atoms. The Hall–Kier alpha value is -2.05. The van der Waals surface area contributed by atoms with Crippen molar-refractivity contribution in [1.29, 1.82) is 0 Å². The van der Waals surface area contributed by atoms with Gasteiger partial charge in [-0.1, -0.05) is 6.07 Å². The molecule has 30 heavy (non-hydrogen) atoms. The molecule has 2 aliphatic rings. The number of aromatic nitrogens is 1. The molecule has 2 fully saturated rings. The Labute approximate surface area is 177 Å². The average molecular weight is 454 g/mol. The second kappa shape index (κ2) is 8.60. The summed E-state index contributed by atoms with van der Waals surface area (Å²) in [6, 6.07) is 11.3. The van der Waals surface area contributed by atoms with Gasteiger partial charge in [0.25, 0.3) is 5.82 Å². The van der Waals surface area contributed by atoms with Crippen molar-refractivity contribution in [3.05, 3.63) is 48.7 Å². The van der Waals surface area contributed by atoms with E-state index in [1.165, 1.54) is 32.9 Å². The zero-order valence-electron chi connectivity index (χ0n) is 16.5. The number of morpholine rings is 1. The molecule has 2 saturated heterocycles. The number of ether oxygens (including phenoxy) is 1. The molecule has 0 radical (unpaired) electrons. The second-order valence-electron chi connectivity index (χ2n) is 7.13. The predicted octanol–water partition coefficient (Wildman–Crippen LogP) is 0.0325. The summed E-state index contributed by atoms with van der Waals surface area (Å²) in [5.41, 5.74) is 0. The molecular formula is C19H25N4O5S2+. The number of pyridine rings is 1. The molecule has 0 amide bonds. The molecule has 1 N–H and O–H groups in total. The van der Waals surface area contributed by atoms with Crippen molar-refractivity contribution in [3.63, 3.8) is 0 Å². The van der Waals surface area contributed by atoms with Crippen LogP contribution in [-0.2, 0) is 24.8 Å². The van der Waals surface area contributed by atoms with E-state index in [1.807, 2.05) is 24.4 Å². The van der Waals surface area contributed by atoms with Crippen LogP contribution in [0.2, 0.25) is 0 Å². The Kier molecular flexibility index (Phi) is 6.07. The fourth-order valence-corrected chi connectivity index (χ4v) is 6.45. The number of H-pyrrole nitrogens is 1. The van der Waals surface area contributed by atoms with Crippen molar-refractivity contribution in [2.75, 3.05) is 57.4 Å². The molecule has 3 heterocycles. The molecule has 0 unspecified atom stereocenters. The van der Waals surface area contributed by atoms with Crippen LogP contribution in [0.5, 0.6) is 0 Å². The van der Waals surface area contributed by atoms with Crippen molar-refractivity contribution >= 4 is 25.9 Å². The van der Waals surface area contributed by atoms with E-state index in [1.54, 1.807) is 0 Å². The van der Waals surface area contributed by atoms with Crippen LogP contribution in [0.4, 0.5) is 5.82 Å². The van der Waals surface area contributed by atoms with E-state index in [0.29, 0.717) is 52.5 Å². The quantitative estimate of drug-likeness (QED) is 0.633. The number of nitrogens with zero attached hydrogens (tertiary/aromatic N) is 3. The molecule has 2 aliphatic heterocycles. The normalized spacial score (nSPS) is 19.7. The number of nitrogens with one attached hydrogen (secondary N) is 1. The van der Waals surface area contributed by atoms with E-state index in [0.717, 1.165) is 5.82 Å². The van der Waals surface area contributed by atoms with E-state index >= 15 is 0 Å². The summed E-state index contributed by atoms with van der Waals surface area (Å²) in [5.74, 6) is 0.951. The highest BCUT2D eigenvalue weighted by Crippen LogP contribution is 2.23. The van der Waals surface area contributed by atoms with Gasteiger partial charge < -0.3 is 4.74 Å². The molecule has 162 valence electrons. The number of rotatable bonds is 5. The smallest absolute Gasteiger partial charge is 0.274 e.